The van der Waals surface area contributed by atoms with E-state index in [0.717, 1.165) is 35.6 Å². The fraction of sp³-hybridized carbons (Fsp3) is 0.273. The molecule has 2 aromatic heterocycles. The van der Waals surface area contributed by atoms with Gasteiger partial charge >= 0.3 is 0 Å². The Hall–Kier alpha value is -3.06. The fourth-order valence-corrected chi connectivity index (χ4v) is 3.96. The molecule has 0 radical (unpaired) electrons. The molecule has 4 aromatic rings. The van der Waals surface area contributed by atoms with Crippen LogP contribution in [0.5, 0.6) is 0 Å². The van der Waals surface area contributed by atoms with E-state index in [4.69, 9.17) is 0 Å². The second-order valence-corrected chi connectivity index (χ2v) is 7.46. The molecule has 0 amide bonds. The molecular formula is C22H21F2N5. The van der Waals surface area contributed by atoms with Crippen LogP contribution in [0.25, 0.3) is 33.3 Å². The first-order valence-electron chi connectivity index (χ1n) is 9.89. The lowest BCUT2D eigenvalue weighted by Gasteiger charge is -2.25. The van der Waals surface area contributed by atoms with Crippen LogP contribution in [0.4, 0.5) is 14.5 Å². The predicted molar refractivity (Wildman–Crippen MR) is 111 cm³/mol. The summed E-state index contributed by atoms with van der Waals surface area (Å²) in [5, 5.41) is 7.51. The number of nitrogens with one attached hydrogen (secondary N) is 3. The number of pyridine rings is 1. The van der Waals surface area contributed by atoms with Gasteiger partial charge in [0.2, 0.25) is 0 Å². The number of aromatic nitrogens is 3. The highest BCUT2D eigenvalue weighted by atomic mass is 19.2. The molecule has 1 unspecified atom stereocenters. The van der Waals surface area contributed by atoms with Gasteiger partial charge in [0.05, 0.1) is 27.8 Å². The summed E-state index contributed by atoms with van der Waals surface area (Å²) in [6.45, 7) is 1.69. The molecule has 5 rings (SSSR count). The van der Waals surface area contributed by atoms with Crippen LogP contribution in [0.2, 0.25) is 0 Å². The van der Waals surface area contributed by atoms with Gasteiger partial charge in [0, 0.05) is 30.2 Å². The van der Waals surface area contributed by atoms with Crippen molar-refractivity contribution in [2.75, 3.05) is 18.4 Å². The number of benzene rings is 2. The molecule has 29 heavy (non-hydrogen) atoms. The highest BCUT2D eigenvalue weighted by molar-refractivity contribution is 5.99. The van der Waals surface area contributed by atoms with Gasteiger partial charge < -0.3 is 15.6 Å². The SMILES string of the molecule is Fc1cc2ncc(-c3nc4ccccc4[nH]3)c(NCC3CCCCN3)c2cc1F. The maximum atomic E-state index is 14.1. The summed E-state index contributed by atoms with van der Waals surface area (Å²) in [4.78, 5) is 12.3. The van der Waals surface area contributed by atoms with E-state index in [1.54, 1.807) is 6.20 Å². The van der Waals surface area contributed by atoms with Gasteiger partial charge in [-0.05, 0) is 37.6 Å². The minimum atomic E-state index is -0.901. The number of imidazole rings is 1. The number of nitrogens with zero attached hydrogens (tertiary/aromatic N) is 2. The van der Waals surface area contributed by atoms with Crippen LogP contribution in [-0.4, -0.2) is 34.1 Å². The Labute approximate surface area is 166 Å². The minimum absolute atomic E-state index is 0.334. The average molecular weight is 393 g/mol. The third kappa shape index (κ3) is 3.42. The first-order valence-corrected chi connectivity index (χ1v) is 9.89. The molecular weight excluding hydrogens is 372 g/mol. The summed E-state index contributed by atoms with van der Waals surface area (Å²) in [5.41, 5.74) is 3.60. The Morgan fingerprint density at radius 1 is 1.07 bits per heavy atom. The smallest absolute Gasteiger partial charge is 0.161 e. The van der Waals surface area contributed by atoms with Gasteiger partial charge in [-0.15, -0.1) is 0 Å². The summed E-state index contributed by atoms with van der Waals surface area (Å²) >= 11 is 0. The number of aromatic amines is 1. The molecule has 0 bridgehead atoms. The number of fused-ring (bicyclic) bond motifs is 2. The zero-order valence-electron chi connectivity index (χ0n) is 15.8. The second-order valence-electron chi connectivity index (χ2n) is 7.46. The molecule has 3 N–H and O–H groups in total. The van der Waals surface area contributed by atoms with Gasteiger partial charge in [-0.25, -0.2) is 13.8 Å². The van der Waals surface area contributed by atoms with Crippen LogP contribution < -0.4 is 10.6 Å². The number of hydrogen-bond acceptors (Lipinski definition) is 4. The second kappa shape index (κ2) is 7.40. The summed E-state index contributed by atoms with van der Waals surface area (Å²) in [7, 11) is 0. The highest BCUT2D eigenvalue weighted by Crippen LogP contribution is 2.34. The van der Waals surface area contributed by atoms with E-state index in [-0.39, 0.29) is 0 Å². The van der Waals surface area contributed by atoms with Crippen molar-refractivity contribution in [3.63, 3.8) is 0 Å². The molecule has 7 heteroatoms. The minimum Gasteiger partial charge on any atom is -0.382 e. The number of H-pyrrole nitrogens is 1. The van der Waals surface area contributed by atoms with E-state index < -0.39 is 11.6 Å². The standard InChI is InChI=1S/C22H21F2N5/c23-16-9-14-20(10-17(16)24)26-12-15(21(14)27-11-13-5-3-4-8-25-13)22-28-18-6-1-2-7-19(18)29-22/h1-2,6-7,9-10,12-13,25H,3-5,8,11H2,(H,26,27)(H,28,29). The molecule has 148 valence electrons. The quantitative estimate of drug-likeness (QED) is 0.474. The lowest BCUT2D eigenvalue weighted by molar-refractivity contribution is 0.414. The third-order valence-electron chi connectivity index (χ3n) is 5.49. The first kappa shape index (κ1) is 18.0. The van der Waals surface area contributed by atoms with Crippen molar-refractivity contribution in [2.24, 2.45) is 0 Å². The molecule has 0 aliphatic carbocycles. The van der Waals surface area contributed by atoms with Crippen molar-refractivity contribution in [3.8, 4) is 11.4 Å². The van der Waals surface area contributed by atoms with Crippen LogP contribution in [0.1, 0.15) is 19.3 Å². The largest absolute Gasteiger partial charge is 0.382 e. The van der Waals surface area contributed by atoms with Gasteiger partial charge in [0.15, 0.2) is 11.6 Å². The van der Waals surface area contributed by atoms with Crippen molar-refractivity contribution < 1.29 is 8.78 Å². The molecule has 3 heterocycles. The Bertz CT molecular complexity index is 1150. The van der Waals surface area contributed by atoms with Crippen molar-refractivity contribution in [2.45, 2.75) is 25.3 Å². The first-order chi connectivity index (χ1) is 14.2. The van der Waals surface area contributed by atoms with Crippen LogP contribution in [-0.2, 0) is 0 Å². The molecule has 1 fully saturated rings. The maximum absolute atomic E-state index is 14.1. The Morgan fingerprint density at radius 2 is 1.93 bits per heavy atom. The third-order valence-corrected chi connectivity index (χ3v) is 5.49. The van der Waals surface area contributed by atoms with E-state index >= 15 is 0 Å². The molecule has 2 aromatic carbocycles. The zero-order chi connectivity index (χ0) is 19.8. The van der Waals surface area contributed by atoms with E-state index in [0.29, 0.717) is 35.0 Å². The van der Waals surface area contributed by atoms with Crippen molar-refractivity contribution in [1.29, 1.82) is 0 Å². The zero-order valence-corrected chi connectivity index (χ0v) is 15.8. The Kier molecular flexibility index (Phi) is 4.60. The number of piperidine rings is 1. The van der Waals surface area contributed by atoms with Crippen molar-refractivity contribution in [1.82, 2.24) is 20.3 Å². The Morgan fingerprint density at radius 3 is 2.76 bits per heavy atom. The molecule has 5 nitrogen and oxygen atoms in total. The van der Waals surface area contributed by atoms with Crippen molar-refractivity contribution in [3.05, 3.63) is 54.2 Å². The normalized spacial score (nSPS) is 17.1. The predicted octanol–water partition coefficient (Wildman–Crippen LogP) is 4.61. The van der Waals surface area contributed by atoms with Gasteiger partial charge in [0.1, 0.15) is 5.82 Å². The molecule has 1 aliphatic heterocycles. The van der Waals surface area contributed by atoms with E-state index in [9.17, 15) is 8.78 Å². The average Bonchev–Trinajstić information content (AvgIpc) is 3.18. The van der Waals surface area contributed by atoms with Crippen LogP contribution >= 0.6 is 0 Å². The maximum Gasteiger partial charge on any atom is 0.161 e. The summed E-state index contributed by atoms with van der Waals surface area (Å²) in [6.07, 6.45) is 5.11. The number of halogens is 2. The topological polar surface area (TPSA) is 65.6 Å². The van der Waals surface area contributed by atoms with E-state index in [1.807, 2.05) is 24.3 Å². The lowest BCUT2D eigenvalue weighted by Crippen LogP contribution is -2.39. The summed E-state index contributed by atoms with van der Waals surface area (Å²) in [6, 6.07) is 10.4. The molecule has 1 atom stereocenters. The highest BCUT2D eigenvalue weighted by Gasteiger charge is 2.18. The molecule has 1 saturated heterocycles. The van der Waals surface area contributed by atoms with Gasteiger partial charge in [-0.2, -0.15) is 0 Å². The summed E-state index contributed by atoms with van der Waals surface area (Å²) in [5.74, 6) is -1.15. The monoisotopic (exact) mass is 393 g/mol. The van der Waals surface area contributed by atoms with Gasteiger partial charge in [0.25, 0.3) is 0 Å². The molecule has 0 spiro atoms. The number of hydrogen-bond donors (Lipinski definition) is 3. The van der Waals surface area contributed by atoms with Crippen LogP contribution in [0.15, 0.2) is 42.6 Å². The van der Waals surface area contributed by atoms with E-state index in [2.05, 4.69) is 25.6 Å². The van der Waals surface area contributed by atoms with Gasteiger partial charge in [-0.3, -0.25) is 4.98 Å². The van der Waals surface area contributed by atoms with Crippen LogP contribution in [0, 0.1) is 11.6 Å². The van der Waals surface area contributed by atoms with Crippen LogP contribution in [0.3, 0.4) is 0 Å². The Balaban J connectivity index is 1.62. The summed E-state index contributed by atoms with van der Waals surface area (Å²) < 4.78 is 27.8. The molecule has 1 aliphatic rings. The number of rotatable bonds is 4. The lowest BCUT2D eigenvalue weighted by atomic mass is 10.0. The molecule has 0 saturated carbocycles. The number of para-hydroxylation sites is 2. The van der Waals surface area contributed by atoms with Crippen molar-refractivity contribution >= 4 is 27.6 Å². The van der Waals surface area contributed by atoms with E-state index in [1.165, 1.54) is 18.9 Å². The van der Waals surface area contributed by atoms with Gasteiger partial charge in [-0.1, -0.05) is 18.6 Å². The fourth-order valence-electron chi connectivity index (χ4n) is 3.96. The number of anilines is 1.